The Kier molecular flexibility index (Phi) is 4.75. The Morgan fingerprint density at radius 3 is 2.67 bits per heavy atom. The van der Waals surface area contributed by atoms with Crippen LogP contribution in [0.1, 0.15) is 38.4 Å². The van der Waals surface area contributed by atoms with E-state index in [1.54, 1.807) is 6.21 Å². The van der Waals surface area contributed by atoms with Crippen molar-refractivity contribution >= 4 is 11.8 Å². The molecule has 1 aromatic rings. The normalized spacial score (nSPS) is 12.3. The van der Waals surface area contributed by atoms with Crippen molar-refractivity contribution in [2.24, 2.45) is 4.99 Å². The lowest BCUT2D eigenvalue weighted by molar-refractivity contribution is 1.03. The summed E-state index contributed by atoms with van der Waals surface area (Å²) in [4.78, 5) is 8.53. The Balaban J connectivity index is 2.92. The second-order valence-electron chi connectivity index (χ2n) is 3.31. The molecule has 0 radical (unpaired) electrons. The largest absolute Gasteiger partial charge is 0.269 e. The Morgan fingerprint density at radius 1 is 1.40 bits per heavy atom. The molecule has 0 unspecified atom stereocenters. The first-order valence-electron chi connectivity index (χ1n) is 5.43. The zero-order chi connectivity index (χ0) is 11.1. The fourth-order valence-corrected chi connectivity index (χ4v) is 1.36. The van der Waals surface area contributed by atoms with Crippen LogP contribution in [0.3, 0.4) is 0 Å². The van der Waals surface area contributed by atoms with Crippen LogP contribution in [0.15, 0.2) is 29.5 Å². The third-order valence-electron chi connectivity index (χ3n) is 2.32. The molecule has 0 bridgehead atoms. The number of allylic oxidation sites excluding steroid dienone is 1. The molecule has 0 fully saturated rings. The van der Waals surface area contributed by atoms with Gasteiger partial charge in [0.25, 0.3) is 0 Å². The molecule has 0 aliphatic rings. The van der Waals surface area contributed by atoms with Crippen LogP contribution >= 0.6 is 0 Å². The lowest BCUT2D eigenvalue weighted by Crippen LogP contribution is -1.89. The smallest absolute Gasteiger partial charge is 0.0401 e. The summed E-state index contributed by atoms with van der Waals surface area (Å²) in [5, 5.41) is 0. The van der Waals surface area contributed by atoms with Gasteiger partial charge in [0.1, 0.15) is 0 Å². The van der Waals surface area contributed by atoms with Gasteiger partial charge in [0.2, 0.25) is 0 Å². The number of hydrogen-bond donors (Lipinski definition) is 0. The second kappa shape index (κ2) is 6.12. The monoisotopic (exact) mass is 202 g/mol. The van der Waals surface area contributed by atoms with Crippen LogP contribution in [0.5, 0.6) is 0 Å². The molecule has 1 rings (SSSR count). The van der Waals surface area contributed by atoms with E-state index >= 15 is 0 Å². The summed E-state index contributed by atoms with van der Waals surface area (Å²) in [6.07, 6.45) is 7.59. The molecule has 0 N–H and O–H groups in total. The van der Waals surface area contributed by atoms with E-state index in [0.717, 1.165) is 18.5 Å². The van der Waals surface area contributed by atoms with Crippen molar-refractivity contribution in [3.8, 4) is 0 Å². The maximum absolute atomic E-state index is 4.38. The number of hydrogen-bond acceptors (Lipinski definition) is 2. The fraction of sp³-hybridized carbons (Fsp3) is 0.385. The summed E-state index contributed by atoms with van der Waals surface area (Å²) in [5.74, 6) is 0. The summed E-state index contributed by atoms with van der Waals surface area (Å²) in [7, 11) is 0. The topological polar surface area (TPSA) is 25.2 Å². The van der Waals surface area contributed by atoms with Crippen molar-refractivity contribution in [3.63, 3.8) is 0 Å². The van der Waals surface area contributed by atoms with E-state index in [0.29, 0.717) is 0 Å². The number of rotatable bonds is 4. The molecular weight excluding hydrogens is 184 g/mol. The number of nitrogens with zero attached hydrogens (tertiary/aromatic N) is 2. The van der Waals surface area contributed by atoms with Gasteiger partial charge in [0.15, 0.2) is 0 Å². The van der Waals surface area contributed by atoms with Gasteiger partial charge >= 0.3 is 0 Å². The van der Waals surface area contributed by atoms with Crippen LogP contribution in [0.2, 0.25) is 0 Å². The Hall–Kier alpha value is -1.44. The molecule has 0 amide bonds. The summed E-state index contributed by atoms with van der Waals surface area (Å²) < 4.78 is 0. The van der Waals surface area contributed by atoms with Crippen LogP contribution in [-0.2, 0) is 6.42 Å². The maximum atomic E-state index is 4.38. The van der Waals surface area contributed by atoms with E-state index < -0.39 is 0 Å². The number of pyridine rings is 1. The van der Waals surface area contributed by atoms with Crippen molar-refractivity contribution in [2.75, 3.05) is 0 Å². The molecule has 0 aliphatic carbocycles. The van der Waals surface area contributed by atoms with E-state index in [4.69, 9.17) is 0 Å². The molecule has 0 aromatic carbocycles. The van der Waals surface area contributed by atoms with Gasteiger partial charge in [-0.1, -0.05) is 19.9 Å². The van der Waals surface area contributed by atoms with Gasteiger partial charge < -0.3 is 0 Å². The average Bonchev–Trinajstić information content (AvgIpc) is 2.31. The van der Waals surface area contributed by atoms with E-state index in [2.05, 4.69) is 36.0 Å². The molecule has 80 valence electrons. The molecular formula is C13H18N2. The first-order chi connectivity index (χ1) is 7.31. The molecule has 0 saturated carbocycles. The third-order valence-corrected chi connectivity index (χ3v) is 2.32. The summed E-state index contributed by atoms with van der Waals surface area (Å²) in [5.41, 5.74) is 3.52. The van der Waals surface area contributed by atoms with E-state index in [1.165, 1.54) is 11.1 Å². The zero-order valence-corrected chi connectivity index (χ0v) is 9.70. The van der Waals surface area contributed by atoms with Crippen molar-refractivity contribution in [3.05, 3.63) is 35.8 Å². The predicted octanol–water partition coefficient (Wildman–Crippen LogP) is 3.49. The molecule has 1 heterocycles. The van der Waals surface area contributed by atoms with Crippen molar-refractivity contribution in [1.82, 2.24) is 4.98 Å². The van der Waals surface area contributed by atoms with Gasteiger partial charge in [-0.15, -0.1) is 0 Å². The molecule has 2 heteroatoms. The fourth-order valence-electron chi connectivity index (χ4n) is 1.36. The van der Waals surface area contributed by atoms with E-state index in [-0.39, 0.29) is 0 Å². The minimum absolute atomic E-state index is 0.977. The number of aromatic nitrogens is 1. The second-order valence-corrected chi connectivity index (χ2v) is 3.31. The van der Waals surface area contributed by atoms with Crippen LogP contribution in [-0.4, -0.2) is 11.2 Å². The molecule has 15 heavy (non-hydrogen) atoms. The van der Waals surface area contributed by atoms with E-state index in [1.807, 2.05) is 19.3 Å². The SMILES string of the molecule is CC=NC=C(CC)c1ccc(CC)nc1. The van der Waals surface area contributed by atoms with Crippen LogP contribution < -0.4 is 0 Å². The summed E-state index contributed by atoms with van der Waals surface area (Å²) in [6.45, 7) is 6.16. The Bertz CT molecular complexity index is 347. The zero-order valence-electron chi connectivity index (χ0n) is 9.70. The van der Waals surface area contributed by atoms with Crippen molar-refractivity contribution in [2.45, 2.75) is 33.6 Å². The van der Waals surface area contributed by atoms with Crippen molar-refractivity contribution in [1.29, 1.82) is 0 Å². The average molecular weight is 202 g/mol. The third kappa shape index (κ3) is 3.31. The molecule has 0 atom stereocenters. The molecule has 0 saturated heterocycles. The first-order valence-corrected chi connectivity index (χ1v) is 5.43. The van der Waals surface area contributed by atoms with Crippen molar-refractivity contribution < 1.29 is 0 Å². The van der Waals surface area contributed by atoms with E-state index in [9.17, 15) is 0 Å². The highest BCUT2D eigenvalue weighted by Crippen LogP contribution is 2.17. The predicted molar refractivity (Wildman–Crippen MR) is 66.0 cm³/mol. The highest BCUT2D eigenvalue weighted by molar-refractivity contribution is 5.66. The van der Waals surface area contributed by atoms with Crippen LogP contribution in [0.25, 0.3) is 5.57 Å². The summed E-state index contributed by atoms with van der Waals surface area (Å²) >= 11 is 0. The van der Waals surface area contributed by atoms with Gasteiger partial charge in [0, 0.05) is 24.3 Å². The molecule has 0 spiro atoms. The van der Waals surface area contributed by atoms with Gasteiger partial charge in [-0.2, -0.15) is 0 Å². The highest BCUT2D eigenvalue weighted by atomic mass is 14.7. The van der Waals surface area contributed by atoms with Crippen LogP contribution in [0, 0.1) is 0 Å². The molecule has 1 aromatic heterocycles. The first kappa shape index (κ1) is 11.6. The van der Waals surface area contributed by atoms with Gasteiger partial charge in [-0.25, -0.2) is 0 Å². The van der Waals surface area contributed by atoms with Gasteiger partial charge in [0.05, 0.1) is 0 Å². The number of aryl methyl sites for hydroxylation is 1. The summed E-state index contributed by atoms with van der Waals surface area (Å²) in [6, 6.07) is 4.20. The van der Waals surface area contributed by atoms with Crippen LogP contribution in [0.4, 0.5) is 0 Å². The quantitative estimate of drug-likeness (QED) is 0.686. The Labute approximate surface area is 91.8 Å². The standard InChI is InChI=1S/C13H18N2/c1-4-11(9-14-6-3)12-7-8-13(5-2)15-10-12/h6-10H,4-5H2,1-3H3. The minimum atomic E-state index is 0.977. The lowest BCUT2D eigenvalue weighted by Gasteiger charge is -2.03. The number of aliphatic imine (C=N–C) groups is 1. The van der Waals surface area contributed by atoms with Gasteiger partial charge in [-0.3, -0.25) is 9.98 Å². The Morgan fingerprint density at radius 2 is 2.20 bits per heavy atom. The minimum Gasteiger partial charge on any atom is -0.269 e. The molecule has 2 nitrogen and oxygen atoms in total. The van der Waals surface area contributed by atoms with Gasteiger partial charge in [-0.05, 0) is 37.0 Å². The maximum Gasteiger partial charge on any atom is 0.0401 e. The highest BCUT2D eigenvalue weighted by Gasteiger charge is 1.99. The molecule has 0 aliphatic heterocycles. The lowest BCUT2D eigenvalue weighted by atomic mass is 10.1.